The van der Waals surface area contributed by atoms with E-state index in [0.717, 1.165) is 16.7 Å². The molecule has 1 aliphatic rings. The molecule has 0 bridgehead atoms. The van der Waals surface area contributed by atoms with E-state index in [0.29, 0.717) is 44.2 Å². The molecule has 31 heavy (non-hydrogen) atoms. The van der Waals surface area contributed by atoms with Crippen LogP contribution in [0.25, 0.3) is 0 Å². The summed E-state index contributed by atoms with van der Waals surface area (Å²) < 4.78 is 27.9. The van der Waals surface area contributed by atoms with Crippen molar-refractivity contribution in [2.24, 2.45) is 0 Å². The summed E-state index contributed by atoms with van der Waals surface area (Å²) >= 11 is 0. The monoisotopic (exact) mass is 428 g/mol. The van der Waals surface area contributed by atoms with Gasteiger partial charge in [-0.1, -0.05) is 30.3 Å². The Morgan fingerprint density at radius 1 is 1.03 bits per heavy atom. The maximum atomic E-state index is 12.9. The van der Waals surface area contributed by atoms with Crippen molar-refractivity contribution in [2.45, 2.75) is 26.4 Å². The molecule has 0 spiro atoms. The minimum Gasteiger partial charge on any atom is -0.493 e. The minimum atomic E-state index is -2.02. The van der Waals surface area contributed by atoms with Gasteiger partial charge >= 0.3 is 0 Å². The molecule has 1 fully saturated rings. The molecule has 2 aromatic carbocycles. The third-order valence-corrected chi connectivity index (χ3v) is 5.61. The van der Waals surface area contributed by atoms with Crippen LogP contribution in [0.4, 0.5) is 0 Å². The van der Waals surface area contributed by atoms with Crippen molar-refractivity contribution in [3.63, 3.8) is 0 Å². The first-order valence-corrected chi connectivity index (χ1v) is 10.7. The van der Waals surface area contributed by atoms with Gasteiger partial charge in [-0.05, 0) is 42.7 Å². The molecule has 1 saturated heterocycles. The van der Waals surface area contributed by atoms with Crippen LogP contribution >= 0.6 is 0 Å². The van der Waals surface area contributed by atoms with Crippen molar-refractivity contribution < 1.29 is 22.1 Å². The van der Waals surface area contributed by atoms with Gasteiger partial charge in [0.2, 0.25) is 0 Å². The third-order valence-electron chi connectivity index (χ3n) is 5.61. The molecule has 0 radical (unpaired) electrons. The number of nitrogens with zero attached hydrogens (tertiary/aromatic N) is 2. The number of aliphatic hydroxyl groups is 1. The highest BCUT2D eigenvalue weighted by atomic mass is 16.5. The maximum Gasteiger partial charge on any atom is 0.161 e. The Kier molecular flexibility index (Phi) is 7.45. The Morgan fingerprint density at radius 2 is 1.65 bits per heavy atom. The van der Waals surface area contributed by atoms with Crippen LogP contribution in [-0.2, 0) is 11.2 Å². The molecule has 3 rings (SSSR count). The van der Waals surface area contributed by atoms with E-state index in [-0.39, 0.29) is 13.0 Å². The zero-order valence-electron chi connectivity index (χ0n) is 20.6. The van der Waals surface area contributed by atoms with E-state index >= 15 is 0 Å². The van der Waals surface area contributed by atoms with Crippen molar-refractivity contribution >= 4 is 5.78 Å². The number of carbonyl (C=O) groups excluding carboxylic acids is 1. The quantitative estimate of drug-likeness (QED) is 0.627. The molecule has 1 aliphatic heterocycles. The van der Waals surface area contributed by atoms with Crippen LogP contribution in [0.3, 0.4) is 0 Å². The van der Waals surface area contributed by atoms with Gasteiger partial charge < -0.3 is 14.6 Å². The number of hydrogen-bond donors (Lipinski definition) is 1. The summed E-state index contributed by atoms with van der Waals surface area (Å²) in [5.74, 6) is 0.782. The first-order chi connectivity index (χ1) is 15.7. The molecule has 2 aromatic rings. The molecule has 6 heteroatoms. The molecule has 1 atom stereocenters. The van der Waals surface area contributed by atoms with Crippen molar-refractivity contribution in [2.75, 3.05) is 52.9 Å². The van der Waals surface area contributed by atoms with Crippen LogP contribution in [0.2, 0.25) is 0 Å². The topological polar surface area (TPSA) is 62.2 Å². The first kappa shape index (κ1) is 20.5. The lowest BCUT2D eigenvalue weighted by molar-refractivity contribution is -0.120. The van der Waals surface area contributed by atoms with E-state index in [9.17, 15) is 9.90 Å². The number of methoxy groups -OCH3 is 1. The summed E-state index contributed by atoms with van der Waals surface area (Å²) in [6, 6.07) is 13.1. The molecule has 0 aliphatic carbocycles. The smallest absolute Gasteiger partial charge is 0.161 e. The summed E-state index contributed by atoms with van der Waals surface area (Å²) in [5, 5.41) is 10.4. The predicted octanol–water partition coefficient (Wildman–Crippen LogP) is 2.48. The molecule has 0 amide bonds. The van der Waals surface area contributed by atoms with Crippen molar-refractivity contribution in [1.29, 1.82) is 0 Å². The number of Topliss-reactive ketones (excluding diaryl/α,β-unsaturated/α-hetero) is 1. The van der Waals surface area contributed by atoms with E-state index in [4.69, 9.17) is 12.2 Å². The second-order valence-corrected chi connectivity index (χ2v) is 7.99. The SMILES string of the molecule is [2H]C([2H])(C(=O)Cc1c(C)cccc1C)N1CCN(CC(O)COc2ccccc2OC)CC1. The average Bonchev–Trinajstić information content (AvgIpc) is 2.80. The largest absolute Gasteiger partial charge is 0.493 e. The zero-order valence-corrected chi connectivity index (χ0v) is 18.6. The molecule has 1 heterocycles. The number of benzene rings is 2. The van der Waals surface area contributed by atoms with E-state index < -0.39 is 18.4 Å². The van der Waals surface area contributed by atoms with Crippen molar-refractivity contribution in [3.05, 3.63) is 59.2 Å². The van der Waals surface area contributed by atoms with Crippen LogP contribution in [0.5, 0.6) is 11.5 Å². The van der Waals surface area contributed by atoms with Crippen LogP contribution < -0.4 is 9.47 Å². The minimum absolute atomic E-state index is 0.0880. The molecule has 0 saturated carbocycles. The van der Waals surface area contributed by atoms with Gasteiger partial charge in [0.05, 0.1) is 16.3 Å². The number of ketones is 1. The van der Waals surface area contributed by atoms with E-state index in [1.54, 1.807) is 24.1 Å². The average molecular weight is 429 g/mol. The second-order valence-electron chi connectivity index (χ2n) is 7.99. The molecule has 168 valence electrons. The number of aryl methyl sites for hydroxylation is 2. The van der Waals surface area contributed by atoms with E-state index in [2.05, 4.69) is 4.90 Å². The highest BCUT2D eigenvalue weighted by Gasteiger charge is 2.21. The number of hydrogen-bond acceptors (Lipinski definition) is 6. The van der Waals surface area contributed by atoms with Crippen LogP contribution in [0.1, 0.15) is 19.4 Å². The molecule has 1 N–H and O–H groups in total. The van der Waals surface area contributed by atoms with Crippen LogP contribution in [0, 0.1) is 13.8 Å². The lowest BCUT2D eigenvalue weighted by Crippen LogP contribution is -2.50. The number of para-hydroxylation sites is 2. The van der Waals surface area contributed by atoms with Crippen molar-refractivity contribution in [3.8, 4) is 11.5 Å². The fourth-order valence-corrected chi connectivity index (χ4v) is 3.82. The molecule has 6 nitrogen and oxygen atoms in total. The number of carbonyl (C=O) groups is 1. The van der Waals surface area contributed by atoms with Crippen LogP contribution in [0.15, 0.2) is 42.5 Å². The number of ether oxygens (including phenoxy) is 2. The third kappa shape index (κ3) is 6.79. The number of rotatable bonds is 10. The first-order valence-electron chi connectivity index (χ1n) is 11.7. The van der Waals surface area contributed by atoms with Gasteiger partial charge in [0.1, 0.15) is 12.7 Å². The van der Waals surface area contributed by atoms with Crippen LogP contribution in [-0.4, -0.2) is 79.7 Å². The second kappa shape index (κ2) is 11.3. The fourth-order valence-electron chi connectivity index (χ4n) is 3.82. The maximum absolute atomic E-state index is 12.9. The Bertz CT molecular complexity index is 926. The normalized spacial score (nSPS) is 17.5. The summed E-state index contributed by atoms with van der Waals surface area (Å²) in [7, 11) is 1.57. The van der Waals surface area contributed by atoms with Gasteiger partial charge in [-0.15, -0.1) is 0 Å². The number of piperazine rings is 1. The van der Waals surface area contributed by atoms with Gasteiger partial charge in [0.15, 0.2) is 17.3 Å². The summed E-state index contributed by atoms with van der Waals surface area (Å²) in [6.07, 6.45) is -0.603. The summed E-state index contributed by atoms with van der Waals surface area (Å²) in [4.78, 5) is 16.5. The summed E-state index contributed by atoms with van der Waals surface area (Å²) in [5.41, 5.74) is 2.92. The highest BCUT2D eigenvalue weighted by molar-refractivity contribution is 5.83. The van der Waals surface area contributed by atoms with E-state index in [1.807, 2.05) is 44.2 Å². The summed E-state index contributed by atoms with van der Waals surface area (Å²) in [6.45, 7) is 4.42. The Hall–Kier alpha value is -2.41. The molecular formula is C25H34N2O4. The zero-order chi connectivity index (χ0) is 24.0. The van der Waals surface area contributed by atoms with Crippen molar-refractivity contribution in [1.82, 2.24) is 9.80 Å². The Labute approximate surface area is 188 Å². The molecular weight excluding hydrogens is 392 g/mol. The Balaban J connectivity index is 1.48. The standard InChI is InChI=1S/C25H34N2O4/c1-19-7-6-8-20(2)23(19)15-21(28)16-26-11-13-27(14-12-26)17-22(29)18-31-25-10-5-4-9-24(25)30-3/h4-10,22,29H,11-18H2,1-3H3/i16D2. The van der Waals surface area contributed by atoms with Gasteiger partial charge in [0, 0.05) is 39.1 Å². The molecule has 0 aromatic heterocycles. The number of β-amino-alcohol motifs (C(OH)–C–C–N with tert-alkyl or cyclic N) is 1. The lowest BCUT2D eigenvalue weighted by atomic mass is 9.98. The predicted molar refractivity (Wildman–Crippen MR) is 122 cm³/mol. The highest BCUT2D eigenvalue weighted by Crippen LogP contribution is 2.25. The van der Waals surface area contributed by atoms with Gasteiger partial charge in [-0.25, -0.2) is 0 Å². The Morgan fingerprint density at radius 3 is 2.29 bits per heavy atom. The van der Waals surface area contributed by atoms with Gasteiger partial charge in [0.25, 0.3) is 0 Å². The lowest BCUT2D eigenvalue weighted by Gasteiger charge is -2.35. The van der Waals surface area contributed by atoms with Gasteiger partial charge in [-0.3, -0.25) is 14.6 Å². The number of aliphatic hydroxyl groups excluding tert-OH is 1. The molecule has 1 unspecified atom stereocenters. The van der Waals surface area contributed by atoms with E-state index in [1.165, 1.54) is 0 Å². The van der Waals surface area contributed by atoms with Gasteiger partial charge in [-0.2, -0.15) is 0 Å². The fraction of sp³-hybridized carbons (Fsp3) is 0.480.